The van der Waals surface area contributed by atoms with E-state index in [1.54, 1.807) is 18.2 Å². The zero-order chi connectivity index (χ0) is 23.2. The van der Waals surface area contributed by atoms with Gasteiger partial charge in [0, 0.05) is 11.8 Å². The Labute approximate surface area is 185 Å². The number of rotatable bonds is 4. The normalized spacial score (nSPS) is 13.9. The van der Waals surface area contributed by atoms with Crippen molar-refractivity contribution in [1.29, 1.82) is 0 Å². The molecule has 3 aromatic carbocycles. The number of anilines is 2. The molecule has 1 N–H and O–H groups in total. The quantitative estimate of drug-likeness (QED) is 0.547. The van der Waals surface area contributed by atoms with Crippen molar-refractivity contribution >= 4 is 28.8 Å². The number of imide groups is 1. The minimum Gasteiger partial charge on any atom is -0.350 e. The minimum atomic E-state index is -1.05. The first-order chi connectivity index (χ1) is 15.2. The summed E-state index contributed by atoms with van der Waals surface area (Å²) in [5.74, 6) is -3.08. The van der Waals surface area contributed by atoms with Crippen LogP contribution in [0, 0.1) is 39.3 Å². The highest BCUT2D eigenvalue weighted by atomic mass is 19.2. The highest BCUT2D eigenvalue weighted by Gasteiger charge is 2.40. The van der Waals surface area contributed by atoms with E-state index < -0.39 is 23.4 Å². The molecule has 0 saturated carbocycles. The molecule has 0 aromatic heterocycles. The number of hydrogen-bond donors (Lipinski definition) is 1. The first kappa shape index (κ1) is 21.4. The third kappa shape index (κ3) is 3.68. The van der Waals surface area contributed by atoms with Gasteiger partial charge >= 0.3 is 0 Å². The Morgan fingerprint density at radius 3 is 1.97 bits per heavy atom. The summed E-state index contributed by atoms with van der Waals surface area (Å²) in [4.78, 5) is 28.0. The number of nitrogens with zero attached hydrogens (tertiary/aromatic N) is 1. The van der Waals surface area contributed by atoms with E-state index in [9.17, 15) is 18.4 Å². The standard InChI is InChI=1S/C26H22F2N2O2/c1-14-5-7-18(11-16(14)3)23-24(29-19-8-10-21(27)22(28)13-19)26(32)30(25(23)31)20-9-6-15(2)17(4)12-20/h5-13,29H,1-4H3. The zero-order valence-electron chi connectivity index (χ0n) is 18.2. The fourth-order valence-corrected chi connectivity index (χ4v) is 3.63. The zero-order valence-corrected chi connectivity index (χ0v) is 18.2. The minimum absolute atomic E-state index is 0.0162. The lowest BCUT2D eigenvalue weighted by atomic mass is 9.99. The maximum absolute atomic E-state index is 13.8. The van der Waals surface area contributed by atoms with Crippen LogP contribution in [-0.2, 0) is 9.59 Å². The van der Waals surface area contributed by atoms with Crippen LogP contribution in [0.5, 0.6) is 0 Å². The summed E-state index contributed by atoms with van der Waals surface area (Å²) in [5, 5.41) is 2.86. The summed E-state index contributed by atoms with van der Waals surface area (Å²) in [7, 11) is 0. The number of hydrogen-bond acceptors (Lipinski definition) is 3. The van der Waals surface area contributed by atoms with Crippen LogP contribution < -0.4 is 10.2 Å². The molecule has 1 aliphatic rings. The average molecular weight is 432 g/mol. The molecular formula is C26H22F2N2O2. The number of carbonyl (C=O) groups excluding carboxylic acids is 2. The fraction of sp³-hybridized carbons (Fsp3) is 0.154. The number of aryl methyl sites for hydroxylation is 4. The average Bonchev–Trinajstić information content (AvgIpc) is 2.99. The largest absolute Gasteiger partial charge is 0.350 e. The van der Waals surface area contributed by atoms with Crippen LogP contribution in [0.2, 0.25) is 0 Å². The lowest BCUT2D eigenvalue weighted by Gasteiger charge is -2.17. The lowest BCUT2D eigenvalue weighted by Crippen LogP contribution is -2.32. The molecule has 1 heterocycles. The Hall–Kier alpha value is -3.80. The molecule has 32 heavy (non-hydrogen) atoms. The van der Waals surface area contributed by atoms with Gasteiger partial charge in [0.25, 0.3) is 11.8 Å². The molecule has 0 unspecified atom stereocenters. The summed E-state index contributed by atoms with van der Waals surface area (Å²) in [6.45, 7) is 7.73. The predicted octanol–water partition coefficient (Wildman–Crippen LogP) is 5.60. The van der Waals surface area contributed by atoms with Crippen LogP contribution in [0.25, 0.3) is 5.57 Å². The maximum Gasteiger partial charge on any atom is 0.282 e. The van der Waals surface area contributed by atoms with E-state index >= 15 is 0 Å². The van der Waals surface area contributed by atoms with Gasteiger partial charge in [-0.15, -0.1) is 0 Å². The molecule has 162 valence electrons. The molecule has 0 bridgehead atoms. The Morgan fingerprint density at radius 2 is 1.34 bits per heavy atom. The van der Waals surface area contributed by atoms with Crippen molar-refractivity contribution < 1.29 is 18.4 Å². The lowest BCUT2D eigenvalue weighted by molar-refractivity contribution is -0.120. The Bertz CT molecular complexity index is 1310. The van der Waals surface area contributed by atoms with Crippen molar-refractivity contribution in [2.45, 2.75) is 27.7 Å². The van der Waals surface area contributed by atoms with E-state index in [2.05, 4.69) is 5.32 Å². The molecule has 0 atom stereocenters. The van der Waals surface area contributed by atoms with Crippen molar-refractivity contribution in [1.82, 2.24) is 0 Å². The van der Waals surface area contributed by atoms with Crippen molar-refractivity contribution in [3.05, 3.63) is 99.7 Å². The van der Waals surface area contributed by atoms with Crippen LogP contribution in [0.3, 0.4) is 0 Å². The van der Waals surface area contributed by atoms with Crippen molar-refractivity contribution in [3.63, 3.8) is 0 Å². The van der Waals surface area contributed by atoms with Gasteiger partial charge in [0.1, 0.15) is 5.70 Å². The third-order valence-corrected chi connectivity index (χ3v) is 5.82. The fourth-order valence-electron chi connectivity index (χ4n) is 3.63. The first-order valence-electron chi connectivity index (χ1n) is 10.2. The maximum atomic E-state index is 13.8. The van der Waals surface area contributed by atoms with Gasteiger partial charge in [0.05, 0.1) is 11.3 Å². The van der Waals surface area contributed by atoms with Gasteiger partial charge in [0.15, 0.2) is 11.6 Å². The second-order valence-electron chi connectivity index (χ2n) is 8.02. The van der Waals surface area contributed by atoms with E-state index in [-0.39, 0.29) is 17.0 Å². The van der Waals surface area contributed by atoms with Crippen molar-refractivity contribution in [2.75, 3.05) is 10.2 Å². The van der Waals surface area contributed by atoms with E-state index in [1.807, 2.05) is 45.9 Å². The molecule has 2 amide bonds. The van der Waals surface area contributed by atoms with Crippen molar-refractivity contribution in [3.8, 4) is 0 Å². The van der Waals surface area contributed by atoms with Crippen LogP contribution in [0.1, 0.15) is 27.8 Å². The van der Waals surface area contributed by atoms with Crippen LogP contribution >= 0.6 is 0 Å². The van der Waals surface area contributed by atoms with Gasteiger partial charge in [0.2, 0.25) is 0 Å². The van der Waals surface area contributed by atoms with Gasteiger partial charge in [-0.2, -0.15) is 0 Å². The number of carbonyl (C=O) groups is 2. The van der Waals surface area contributed by atoms with E-state index in [1.165, 1.54) is 6.07 Å². The van der Waals surface area contributed by atoms with Crippen molar-refractivity contribution in [2.24, 2.45) is 0 Å². The summed E-state index contributed by atoms with van der Waals surface area (Å²) < 4.78 is 27.2. The summed E-state index contributed by atoms with van der Waals surface area (Å²) in [6.07, 6.45) is 0. The monoisotopic (exact) mass is 432 g/mol. The van der Waals surface area contributed by atoms with Gasteiger partial charge in [-0.25, -0.2) is 13.7 Å². The number of amides is 2. The number of halogens is 2. The van der Waals surface area contributed by atoms with E-state index in [0.717, 1.165) is 39.3 Å². The molecule has 0 spiro atoms. The molecule has 4 nitrogen and oxygen atoms in total. The summed E-state index contributed by atoms with van der Waals surface area (Å²) >= 11 is 0. The van der Waals surface area contributed by atoms with E-state index in [4.69, 9.17) is 0 Å². The molecule has 1 aliphatic heterocycles. The molecule has 0 aliphatic carbocycles. The van der Waals surface area contributed by atoms with E-state index in [0.29, 0.717) is 11.3 Å². The topological polar surface area (TPSA) is 49.4 Å². The van der Waals surface area contributed by atoms with Gasteiger partial charge < -0.3 is 5.32 Å². The second kappa shape index (κ2) is 8.04. The predicted molar refractivity (Wildman–Crippen MR) is 121 cm³/mol. The highest BCUT2D eigenvalue weighted by Crippen LogP contribution is 2.35. The number of benzene rings is 3. The third-order valence-electron chi connectivity index (χ3n) is 5.82. The van der Waals surface area contributed by atoms with Crippen LogP contribution in [0.15, 0.2) is 60.3 Å². The molecule has 0 radical (unpaired) electrons. The summed E-state index contributed by atoms with van der Waals surface area (Å²) in [5.41, 5.74) is 5.38. The molecular weight excluding hydrogens is 410 g/mol. The van der Waals surface area contributed by atoms with Gasteiger partial charge in [-0.1, -0.05) is 24.3 Å². The summed E-state index contributed by atoms with van der Waals surface area (Å²) in [6, 6.07) is 14.1. The Kier molecular flexibility index (Phi) is 5.38. The molecule has 0 fully saturated rings. The molecule has 6 heteroatoms. The molecule has 4 rings (SSSR count). The Balaban J connectivity index is 1.85. The van der Waals surface area contributed by atoms with Gasteiger partial charge in [-0.3, -0.25) is 9.59 Å². The molecule has 0 saturated heterocycles. The second-order valence-corrected chi connectivity index (χ2v) is 8.02. The SMILES string of the molecule is Cc1ccc(C2=C(Nc3ccc(F)c(F)c3)C(=O)N(c3ccc(C)c(C)c3)C2=O)cc1C. The molecule has 3 aromatic rings. The van der Waals surface area contributed by atoms with Gasteiger partial charge in [-0.05, 0) is 79.8 Å². The smallest absolute Gasteiger partial charge is 0.282 e. The Morgan fingerprint density at radius 1 is 0.688 bits per heavy atom. The van der Waals surface area contributed by atoms with Crippen LogP contribution in [-0.4, -0.2) is 11.8 Å². The highest BCUT2D eigenvalue weighted by molar-refractivity contribution is 6.46. The first-order valence-corrected chi connectivity index (χ1v) is 10.2. The number of nitrogens with one attached hydrogen (secondary N) is 1. The van der Waals surface area contributed by atoms with Crippen LogP contribution in [0.4, 0.5) is 20.2 Å².